The van der Waals surface area contributed by atoms with Gasteiger partial charge in [0.15, 0.2) is 8.32 Å². The monoisotopic (exact) mass is 324 g/mol. The summed E-state index contributed by atoms with van der Waals surface area (Å²) in [6.45, 7) is 11.2. The summed E-state index contributed by atoms with van der Waals surface area (Å²) in [5.41, 5.74) is 3.42. The Morgan fingerprint density at radius 1 is 0.870 bits per heavy atom. The van der Waals surface area contributed by atoms with E-state index in [1.54, 1.807) is 0 Å². The van der Waals surface area contributed by atoms with Gasteiger partial charge in [0, 0.05) is 0 Å². The van der Waals surface area contributed by atoms with Crippen LogP contribution in [0.3, 0.4) is 0 Å². The van der Waals surface area contributed by atoms with E-state index in [1.807, 2.05) is 6.07 Å². The van der Waals surface area contributed by atoms with Crippen LogP contribution in [0.5, 0.6) is 0 Å². The Hall–Kier alpha value is -1.64. The van der Waals surface area contributed by atoms with Crippen LogP contribution in [0.4, 0.5) is 0 Å². The zero-order chi connectivity index (χ0) is 16.7. The van der Waals surface area contributed by atoms with Crippen molar-refractivity contribution < 1.29 is 4.43 Å². The first kappa shape index (κ1) is 17.7. The molecule has 0 N–H and O–H groups in total. The number of rotatable bonds is 8. The minimum Gasteiger partial charge on any atom is -0.406 e. The first-order chi connectivity index (χ1) is 11.2. The van der Waals surface area contributed by atoms with E-state index in [-0.39, 0.29) is 6.10 Å². The quantitative estimate of drug-likeness (QED) is 0.506. The molecule has 2 aromatic rings. The highest BCUT2D eigenvalue weighted by molar-refractivity contribution is 6.73. The molecule has 0 spiro atoms. The van der Waals surface area contributed by atoms with Gasteiger partial charge in [-0.1, -0.05) is 88.0 Å². The smallest absolute Gasteiger partial charge is 0.193 e. The van der Waals surface area contributed by atoms with E-state index in [4.69, 9.17) is 4.43 Å². The third-order valence-corrected chi connectivity index (χ3v) is 9.47. The van der Waals surface area contributed by atoms with Crippen molar-refractivity contribution in [1.29, 1.82) is 0 Å². The predicted octanol–water partition coefficient (Wildman–Crippen LogP) is 6.46. The molecule has 0 aromatic heterocycles. The average molecular weight is 325 g/mol. The van der Waals surface area contributed by atoms with Crippen LogP contribution in [0, 0.1) is 0 Å². The third-order valence-electron chi connectivity index (χ3n) is 4.86. The molecule has 2 aromatic carbocycles. The molecule has 0 heterocycles. The number of hydrogen-bond acceptors (Lipinski definition) is 1. The van der Waals surface area contributed by atoms with Crippen LogP contribution in [0.2, 0.25) is 18.1 Å². The fourth-order valence-electron chi connectivity index (χ4n) is 3.02. The van der Waals surface area contributed by atoms with Crippen LogP contribution < -0.4 is 0 Å². The normalized spacial score (nSPS) is 12.8. The molecule has 23 heavy (non-hydrogen) atoms. The van der Waals surface area contributed by atoms with Crippen molar-refractivity contribution in [1.82, 2.24) is 0 Å². The lowest BCUT2D eigenvalue weighted by Crippen LogP contribution is -2.37. The van der Waals surface area contributed by atoms with Gasteiger partial charge in [0.2, 0.25) is 0 Å². The SMILES string of the molecule is C=C(c1ccccc1)C(O[Si](CC)(CC)CC)c1ccccc1. The van der Waals surface area contributed by atoms with Gasteiger partial charge in [-0.25, -0.2) is 0 Å². The van der Waals surface area contributed by atoms with Crippen molar-refractivity contribution in [3.8, 4) is 0 Å². The Balaban J connectivity index is 2.39. The van der Waals surface area contributed by atoms with E-state index in [9.17, 15) is 0 Å². The van der Waals surface area contributed by atoms with Gasteiger partial charge in [0.05, 0.1) is 6.10 Å². The summed E-state index contributed by atoms with van der Waals surface area (Å²) in [6.07, 6.45) is -0.0508. The molecular weight excluding hydrogens is 296 g/mol. The summed E-state index contributed by atoms with van der Waals surface area (Å²) < 4.78 is 6.83. The highest BCUT2D eigenvalue weighted by Crippen LogP contribution is 2.37. The molecule has 0 radical (unpaired) electrons. The zero-order valence-corrected chi connectivity index (χ0v) is 15.6. The van der Waals surface area contributed by atoms with Gasteiger partial charge in [-0.05, 0) is 34.8 Å². The van der Waals surface area contributed by atoms with E-state index in [0.29, 0.717) is 0 Å². The van der Waals surface area contributed by atoms with Crippen molar-refractivity contribution in [2.75, 3.05) is 0 Å². The second-order valence-corrected chi connectivity index (χ2v) is 10.8. The van der Waals surface area contributed by atoms with E-state index in [0.717, 1.165) is 29.3 Å². The zero-order valence-electron chi connectivity index (χ0n) is 14.6. The fraction of sp³-hybridized carbons (Fsp3) is 0.333. The Labute approximate surface area is 142 Å². The molecule has 0 amide bonds. The first-order valence-corrected chi connectivity index (χ1v) is 11.2. The minimum absolute atomic E-state index is 0.0508. The molecular formula is C21H28OSi. The molecule has 2 heteroatoms. The summed E-state index contributed by atoms with van der Waals surface area (Å²) in [6, 6.07) is 24.4. The van der Waals surface area contributed by atoms with E-state index in [1.165, 1.54) is 5.56 Å². The second-order valence-electron chi connectivity index (χ2n) is 6.04. The lowest BCUT2D eigenvalue weighted by molar-refractivity contribution is 0.247. The topological polar surface area (TPSA) is 9.23 Å². The van der Waals surface area contributed by atoms with E-state index < -0.39 is 8.32 Å². The highest BCUT2D eigenvalue weighted by Gasteiger charge is 2.33. The van der Waals surface area contributed by atoms with Gasteiger partial charge in [-0.3, -0.25) is 0 Å². The molecule has 0 aliphatic rings. The summed E-state index contributed by atoms with van der Waals surface area (Å²) in [4.78, 5) is 0. The van der Waals surface area contributed by atoms with Crippen molar-refractivity contribution in [3.05, 3.63) is 78.4 Å². The standard InChI is InChI=1S/C21H28OSi/c1-5-23(6-2,7-3)22-21(20-16-12-9-13-17-20)18(4)19-14-10-8-11-15-19/h8-17,21H,4-7H2,1-3H3. The lowest BCUT2D eigenvalue weighted by atomic mass is 9.97. The van der Waals surface area contributed by atoms with Crippen LogP contribution >= 0.6 is 0 Å². The van der Waals surface area contributed by atoms with Gasteiger partial charge in [-0.2, -0.15) is 0 Å². The van der Waals surface area contributed by atoms with Crippen LogP contribution in [0.25, 0.3) is 5.57 Å². The van der Waals surface area contributed by atoms with Crippen molar-refractivity contribution >= 4 is 13.9 Å². The first-order valence-electron chi connectivity index (χ1n) is 8.62. The van der Waals surface area contributed by atoms with E-state index >= 15 is 0 Å². The second kappa shape index (κ2) is 8.28. The molecule has 0 fully saturated rings. The van der Waals surface area contributed by atoms with E-state index in [2.05, 4.69) is 81.9 Å². The molecule has 1 nitrogen and oxygen atoms in total. The lowest BCUT2D eigenvalue weighted by Gasteiger charge is -2.34. The molecule has 0 saturated heterocycles. The molecule has 0 aliphatic carbocycles. The number of benzene rings is 2. The molecule has 2 rings (SSSR count). The van der Waals surface area contributed by atoms with Gasteiger partial charge < -0.3 is 4.43 Å². The summed E-state index contributed by atoms with van der Waals surface area (Å²) in [5, 5.41) is 0. The Morgan fingerprint density at radius 2 is 1.35 bits per heavy atom. The predicted molar refractivity (Wildman–Crippen MR) is 103 cm³/mol. The van der Waals surface area contributed by atoms with Crippen LogP contribution in [-0.4, -0.2) is 8.32 Å². The maximum absolute atomic E-state index is 6.83. The molecule has 1 unspecified atom stereocenters. The van der Waals surface area contributed by atoms with Crippen molar-refractivity contribution in [3.63, 3.8) is 0 Å². The maximum Gasteiger partial charge on any atom is 0.193 e. The van der Waals surface area contributed by atoms with Gasteiger partial charge >= 0.3 is 0 Å². The van der Waals surface area contributed by atoms with Crippen molar-refractivity contribution in [2.45, 2.75) is 45.0 Å². The highest BCUT2D eigenvalue weighted by atomic mass is 28.4. The van der Waals surface area contributed by atoms with Crippen LogP contribution in [-0.2, 0) is 4.43 Å². The molecule has 0 saturated carbocycles. The maximum atomic E-state index is 6.83. The summed E-state index contributed by atoms with van der Waals surface area (Å²) in [5.74, 6) is 0. The Morgan fingerprint density at radius 3 is 1.83 bits per heavy atom. The summed E-state index contributed by atoms with van der Waals surface area (Å²) in [7, 11) is -1.72. The molecule has 1 atom stereocenters. The van der Waals surface area contributed by atoms with Gasteiger partial charge in [-0.15, -0.1) is 0 Å². The average Bonchev–Trinajstić information content (AvgIpc) is 2.64. The van der Waals surface area contributed by atoms with Gasteiger partial charge in [0.25, 0.3) is 0 Å². The molecule has 122 valence electrons. The molecule has 0 bridgehead atoms. The molecule has 0 aliphatic heterocycles. The third kappa shape index (κ3) is 4.21. The van der Waals surface area contributed by atoms with Crippen LogP contribution in [0.15, 0.2) is 67.2 Å². The van der Waals surface area contributed by atoms with Gasteiger partial charge in [0.1, 0.15) is 0 Å². The Kier molecular flexibility index (Phi) is 6.37. The summed E-state index contributed by atoms with van der Waals surface area (Å²) >= 11 is 0. The van der Waals surface area contributed by atoms with Crippen LogP contribution in [0.1, 0.15) is 38.0 Å². The number of hydrogen-bond donors (Lipinski definition) is 0. The Bertz CT molecular complexity index is 594. The largest absolute Gasteiger partial charge is 0.406 e. The van der Waals surface area contributed by atoms with Crippen molar-refractivity contribution in [2.24, 2.45) is 0 Å². The minimum atomic E-state index is -1.72. The fourth-order valence-corrected chi connectivity index (χ4v) is 5.80.